The largest absolute Gasteiger partial charge is 0.488 e. The van der Waals surface area contributed by atoms with Gasteiger partial charge in [-0.15, -0.1) is 0 Å². The Balaban J connectivity index is 1.97. The molecule has 3 rings (SSSR count). The molecule has 0 aliphatic carbocycles. The van der Waals surface area contributed by atoms with Crippen LogP contribution in [0.4, 0.5) is 5.69 Å². The van der Waals surface area contributed by atoms with Crippen LogP contribution in [0.3, 0.4) is 0 Å². The van der Waals surface area contributed by atoms with Gasteiger partial charge in [-0.3, -0.25) is 9.78 Å². The molecule has 1 heterocycles. The van der Waals surface area contributed by atoms with Gasteiger partial charge in [-0.2, -0.15) is 0 Å². The summed E-state index contributed by atoms with van der Waals surface area (Å²) >= 11 is 3.56. The normalized spacial score (nSPS) is 11.4. The summed E-state index contributed by atoms with van der Waals surface area (Å²) in [6, 6.07) is 15.7. The van der Waals surface area contributed by atoms with E-state index in [1.165, 1.54) is 0 Å². The highest BCUT2D eigenvalue weighted by Gasteiger charge is 2.23. The number of aromatic nitrogens is 1. The lowest BCUT2D eigenvalue weighted by molar-refractivity contribution is -0.123. The van der Waals surface area contributed by atoms with E-state index < -0.39 is 5.41 Å². The summed E-state index contributed by atoms with van der Waals surface area (Å²) in [4.78, 5) is 16.9. The van der Waals surface area contributed by atoms with Gasteiger partial charge in [0.2, 0.25) is 5.91 Å². The van der Waals surface area contributed by atoms with Crippen molar-refractivity contribution in [2.24, 2.45) is 5.41 Å². The Labute approximate surface area is 161 Å². The lowest BCUT2D eigenvalue weighted by Gasteiger charge is -2.20. The standard InChI is InChI=1S/C21H21BrN2O2/c1-21(2,3)20(25)24-19-16(22)12-17(15-10-7-11-23-18(15)19)26-13-14-8-5-4-6-9-14/h4-12H,13H2,1-3H3,(H,24,25). The number of carbonyl (C=O) groups is 1. The monoisotopic (exact) mass is 412 g/mol. The Morgan fingerprint density at radius 2 is 1.88 bits per heavy atom. The van der Waals surface area contributed by atoms with Gasteiger partial charge in [-0.05, 0) is 39.7 Å². The summed E-state index contributed by atoms with van der Waals surface area (Å²) in [5, 5.41) is 3.85. The highest BCUT2D eigenvalue weighted by atomic mass is 79.9. The average Bonchev–Trinajstić information content (AvgIpc) is 2.62. The Morgan fingerprint density at radius 1 is 1.15 bits per heavy atom. The zero-order valence-electron chi connectivity index (χ0n) is 15.0. The number of hydrogen-bond donors (Lipinski definition) is 1. The highest BCUT2D eigenvalue weighted by molar-refractivity contribution is 9.10. The molecule has 0 radical (unpaired) electrons. The van der Waals surface area contributed by atoms with Crippen LogP contribution in [0.5, 0.6) is 5.75 Å². The van der Waals surface area contributed by atoms with E-state index in [2.05, 4.69) is 26.2 Å². The molecule has 26 heavy (non-hydrogen) atoms. The highest BCUT2D eigenvalue weighted by Crippen LogP contribution is 2.38. The summed E-state index contributed by atoms with van der Waals surface area (Å²) in [5.41, 5.74) is 1.95. The molecule has 0 aliphatic rings. The van der Waals surface area contributed by atoms with E-state index in [-0.39, 0.29) is 5.91 Å². The van der Waals surface area contributed by atoms with Crippen LogP contribution in [-0.2, 0) is 11.4 Å². The first-order valence-corrected chi connectivity index (χ1v) is 9.21. The minimum Gasteiger partial charge on any atom is -0.488 e. The fraction of sp³-hybridized carbons (Fsp3) is 0.238. The molecule has 3 aromatic rings. The van der Waals surface area contributed by atoms with Crippen molar-refractivity contribution in [1.82, 2.24) is 4.98 Å². The maximum Gasteiger partial charge on any atom is 0.229 e. The van der Waals surface area contributed by atoms with Crippen molar-refractivity contribution in [3.8, 4) is 5.75 Å². The Bertz CT molecular complexity index is 934. The quantitative estimate of drug-likeness (QED) is 0.609. The molecule has 2 aromatic carbocycles. The maximum absolute atomic E-state index is 12.4. The minimum atomic E-state index is -0.497. The SMILES string of the molecule is CC(C)(C)C(=O)Nc1c(Br)cc(OCc2ccccc2)c2cccnc12. The topological polar surface area (TPSA) is 51.2 Å². The van der Waals surface area contributed by atoms with Crippen molar-refractivity contribution in [3.63, 3.8) is 0 Å². The van der Waals surface area contributed by atoms with Crippen LogP contribution in [0.25, 0.3) is 10.9 Å². The number of nitrogens with zero attached hydrogens (tertiary/aromatic N) is 1. The predicted octanol–water partition coefficient (Wildman–Crippen LogP) is 5.56. The molecule has 0 atom stereocenters. The molecular formula is C21H21BrN2O2. The molecule has 0 aliphatic heterocycles. The second-order valence-electron chi connectivity index (χ2n) is 7.11. The first-order valence-electron chi connectivity index (χ1n) is 8.41. The molecule has 0 saturated heterocycles. The van der Waals surface area contributed by atoms with Gasteiger partial charge in [-0.25, -0.2) is 0 Å². The Hall–Kier alpha value is -2.40. The lowest BCUT2D eigenvalue weighted by atomic mass is 9.95. The number of ether oxygens (including phenoxy) is 1. The van der Waals surface area contributed by atoms with Gasteiger partial charge in [0.25, 0.3) is 0 Å². The van der Waals surface area contributed by atoms with E-state index in [1.807, 2.05) is 69.3 Å². The van der Waals surface area contributed by atoms with Gasteiger partial charge in [0.1, 0.15) is 12.4 Å². The summed E-state index contributed by atoms with van der Waals surface area (Å²) in [5.74, 6) is 0.653. The summed E-state index contributed by atoms with van der Waals surface area (Å²) in [7, 11) is 0. The molecule has 0 unspecified atom stereocenters. The van der Waals surface area contributed by atoms with E-state index in [1.54, 1.807) is 6.20 Å². The van der Waals surface area contributed by atoms with Gasteiger partial charge >= 0.3 is 0 Å². The summed E-state index contributed by atoms with van der Waals surface area (Å²) < 4.78 is 6.77. The number of carbonyl (C=O) groups excluding carboxylic acids is 1. The van der Waals surface area contributed by atoms with Gasteiger partial charge < -0.3 is 10.1 Å². The van der Waals surface area contributed by atoms with Crippen molar-refractivity contribution < 1.29 is 9.53 Å². The number of anilines is 1. The number of pyridine rings is 1. The molecule has 1 aromatic heterocycles. The molecule has 0 bridgehead atoms. The van der Waals surface area contributed by atoms with Crippen molar-refractivity contribution in [2.75, 3.05) is 5.32 Å². The molecular weight excluding hydrogens is 392 g/mol. The van der Waals surface area contributed by atoms with Crippen LogP contribution < -0.4 is 10.1 Å². The van der Waals surface area contributed by atoms with E-state index in [0.717, 1.165) is 21.2 Å². The van der Waals surface area contributed by atoms with Crippen LogP contribution in [-0.4, -0.2) is 10.9 Å². The smallest absolute Gasteiger partial charge is 0.229 e. The van der Waals surface area contributed by atoms with Crippen molar-refractivity contribution in [1.29, 1.82) is 0 Å². The first kappa shape index (κ1) is 18.4. The summed E-state index contributed by atoms with van der Waals surface area (Å²) in [6.45, 7) is 6.10. The molecule has 4 nitrogen and oxygen atoms in total. The number of hydrogen-bond acceptors (Lipinski definition) is 3. The second-order valence-corrected chi connectivity index (χ2v) is 7.96. The van der Waals surface area contributed by atoms with Gasteiger partial charge in [0.05, 0.1) is 11.2 Å². The third-order valence-electron chi connectivity index (χ3n) is 3.96. The van der Waals surface area contributed by atoms with E-state index in [0.29, 0.717) is 17.8 Å². The third kappa shape index (κ3) is 4.05. The molecule has 1 amide bonds. The third-order valence-corrected chi connectivity index (χ3v) is 4.59. The first-order chi connectivity index (χ1) is 12.4. The predicted molar refractivity (Wildman–Crippen MR) is 108 cm³/mol. The Kier molecular flexibility index (Phi) is 5.28. The van der Waals surface area contributed by atoms with Crippen LogP contribution in [0.2, 0.25) is 0 Å². The zero-order valence-corrected chi connectivity index (χ0v) is 16.6. The molecule has 0 fully saturated rings. The zero-order chi connectivity index (χ0) is 18.7. The van der Waals surface area contributed by atoms with Crippen LogP contribution in [0.1, 0.15) is 26.3 Å². The number of benzene rings is 2. The van der Waals surface area contributed by atoms with E-state index in [4.69, 9.17) is 4.74 Å². The number of halogens is 1. The minimum absolute atomic E-state index is 0.0666. The molecule has 1 N–H and O–H groups in total. The molecule has 0 spiro atoms. The fourth-order valence-corrected chi connectivity index (χ4v) is 2.95. The van der Waals surface area contributed by atoms with Gasteiger partial charge in [-0.1, -0.05) is 51.1 Å². The van der Waals surface area contributed by atoms with Crippen LogP contribution >= 0.6 is 15.9 Å². The second kappa shape index (κ2) is 7.46. The maximum atomic E-state index is 12.4. The van der Waals surface area contributed by atoms with Crippen molar-refractivity contribution in [2.45, 2.75) is 27.4 Å². The van der Waals surface area contributed by atoms with Crippen LogP contribution in [0, 0.1) is 5.41 Å². The van der Waals surface area contributed by atoms with E-state index in [9.17, 15) is 4.79 Å². The number of nitrogens with one attached hydrogen (secondary N) is 1. The average molecular weight is 413 g/mol. The van der Waals surface area contributed by atoms with Crippen molar-refractivity contribution >= 4 is 38.4 Å². The summed E-state index contributed by atoms with van der Waals surface area (Å²) in [6.07, 6.45) is 1.71. The van der Waals surface area contributed by atoms with Gasteiger partial charge in [0.15, 0.2) is 0 Å². The number of rotatable bonds is 4. The lowest BCUT2D eigenvalue weighted by Crippen LogP contribution is -2.28. The number of amides is 1. The molecule has 0 saturated carbocycles. The van der Waals surface area contributed by atoms with E-state index >= 15 is 0 Å². The number of fused-ring (bicyclic) bond motifs is 1. The fourth-order valence-electron chi connectivity index (χ4n) is 2.46. The molecule has 134 valence electrons. The van der Waals surface area contributed by atoms with Crippen molar-refractivity contribution in [3.05, 3.63) is 64.8 Å². The Morgan fingerprint density at radius 3 is 2.58 bits per heavy atom. The molecule has 5 heteroatoms. The van der Waals surface area contributed by atoms with Crippen LogP contribution in [0.15, 0.2) is 59.2 Å². The van der Waals surface area contributed by atoms with Gasteiger partial charge in [0, 0.05) is 21.5 Å².